The Morgan fingerprint density at radius 1 is 1.17 bits per heavy atom. The number of nitrogens with one attached hydrogen (secondary N) is 1. The molecule has 1 aliphatic rings. The highest BCUT2D eigenvalue weighted by atomic mass is 16.5. The van der Waals surface area contributed by atoms with Crippen LogP contribution in [0, 0.1) is 0 Å². The predicted molar refractivity (Wildman–Crippen MR) is 113 cm³/mol. The highest BCUT2D eigenvalue weighted by molar-refractivity contribution is 6.11. The number of nitrogens with zero attached hydrogens (tertiary/aromatic N) is 2. The van der Waals surface area contributed by atoms with Crippen molar-refractivity contribution >= 4 is 23.2 Å². The Balaban J connectivity index is 1.67. The average molecular weight is 397 g/mol. The van der Waals surface area contributed by atoms with Gasteiger partial charge in [0.2, 0.25) is 11.8 Å². The van der Waals surface area contributed by atoms with Gasteiger partial charge in [0.25, 0.3) is 0 Å². The molecule has 3 rings (SSSR count). The van der Waals surface area contributed by atoms with E-state index in [0.717, 1.165) is 17.7 Å². The number of hydrogen-bond donors (Lipinski definition) is 1. The molecule has 0 aliphatic carbocycles. The number of ether oxygens (including phenoxy) is 2. The molecule has 2 amide bonds. The van der Waals surface area contributed by atoms with Crippen LogP contribution in [0.1, 0.15) is 12.5 Å². The van der Waals surface area contributed by atoms with E-state index in [4.69, 9.17) is 9.47 Å². The number of benzene rings is 2. The van der Waals surface area contributed by atoms with Crippen LogP contribution in [0.5, 0.6) is 11.5 Å². The van der Waals surface area contributed by atoms with Gasteiger partial charge in [-0.1, -0.05) is 18.2 Å². The molecule has 0 fully saturated rings. The highest BCUT2D eigenvalue weighted by Gasteiger charge is 2.31. The zero-order chi connectivity index (χ0) is 21.0. The molecule has 0 radical (unpaired) electrons. The lowest BCUT2D eigenvalue weighted by atomic mass is 10.1. The number of rotatable bonds is 7. The third-order valence-corrected chi connectivity index (χ3v) is 5.26. The van der Waals surface area contributed by atoms with Gasteiger partial charge in [0, 0.05) is 6.54 Å². The number of methoxy groups -OCH3 is 2. The van der Waals surface area contributed by atoms with Crippen molar-refractivity contribution in [2.45, 2.75) is 19.4 Å². The Morgan fingerprint density at radius 2 is 1.90 bits per heavy atom. The van der Waals surface area contributed by atoms with E-state index >= 15 is 0 Å². The first-order chi connectivity index (χ1) is 13.9. The fourth-order valence-corrected chi connectivity index (χ4v) is 3.38. The lowest BCUT2D eigenvalue weighted by molar-refractivity contribution is -0.125. The first kappa shape index (κ1) is 20.7. The molecule has 0 unspecified atom stereocenters. The Hall–Kier alpha value is -3.06. The maximum atomic E-state index is 13.1. The molecule has 154 valence electrons. The summed E-state index contributed by atoms with van der Waals surface area (Å²) in [4.78, 5) is 28.7. The molecule has 1 heterocycles. The lowest BCUT2D eigenvalue weighted by Crippen LogP contribution is -2.50. The Morgan fingerprint density at radius 3 is 2.62 bits per heavy atom. The quantitative estimate of drug-likeness (QED) is 0.778. The van der Waals surface area contributed by atoms with Gasteiger partial charge in [-0.05, 0) is 50.2 Å². The molecule has 0 bridgehead atoms. The number of carbonyl (C=O) groups excluding carboxylic acids is 2. The summed E-state index contributed by atoms with van der Waals surface area (Å²) in [6.07, 6.45) is 0.756. The average Bonchev–Trinajstić information content (AvgIpc) is 2.75. The molecule has 7 heteroatoms. The van der Waals surface area contributed by atoms with E-state index in [1.807, 2.05) is 55.3 Å². The Bertz CT molecular complexity index is 899. The van der Waals surface area contributed by atoms with Gasteiger partial charge in [0.05, 0.1) is 31.6 Å². The maximum absolute atomic E-state index is 13.1. The van der Waals surface area contributed by atoms with E-state index in [1.165, 1.54) is 0 Å². The third kappa shape index (κ3) is 4.51. The van der Waals surface area contributed by atoms with Gasteiger partial charge in [0.1, 0.15) is 6.54 Å². The number of fused-ring (bicyclic) bond motifs is 1. The normalized spacial score (nSPS) is 14.2. The molecule has 1 aliphatic heterocycles. The van der Waals surface area contributed by atoms with Crippen LogP contribution in [-0.2, 0) is 16.0 Å². The van der Waals surface area contributed by atoms with E-state index in [2.05, 4.69) is 5.32 Å². The summed E-state index contributed by atoms with van der Waals surface area (Å²) in [6.45, 7) is 2.58. The van der Waals surface area contributed by atoms with Crippen LogP contribution in [0.25, 0.3) is 0 Å². The second-order valence-electron chi connectivity index (χ2n) is 7.09. The molecule has 0 spiro atoms. The van der Waals surface area contributed by atoms with Crippen molar-refractivity contribution in [2.24, 2.45) is 0 Å². The molecule has 0 saturated heterocycles. The number of anilines is 2. The van der Waals surface area contributed by atoms with E-state index in [0.29, 0.717) is 23.7 Å². The minimum Gasteiger partial charge on any atom is -0.493 e. The topological polar surface area (TPSA) is 71.1 Å². The summed E-state index contributed by atoms with van der Waals surface area (Å²) in [5, 5.41) is 2.81. The predicted octanol–water partition coefficient (Wildman–Crippen LogP) is 2.55. The van der Waals surface area contributed by atoms with Crippen molar-refractivity contribution in [3.8, 4) is 11.5 Å². The van der Waals surface area contributed by atoms with Gasteiger partial charge in [-0.2, -0.15) is 0 Å². The standard InChI is InChI=1S/C22H27N3O4/c1-15(22(27)25-14-21(26)23-17-7-5-6-8-18(17)25)24(2)12-11-16-9-10-19(28-3)20(13-16)29-4/h5-10,13,15H,11-12,14H2,1-4H3,(H,23,26)/t15-/m1/s1. The largest absolute Gasteiger partial charge is 0.493 e. The van der Waals surface area contributed by atoms with Crippen LogP contribution in [0.2, 0.25) is 0 Å². The molecular formula is C22H27N3O4. The van der Waals surface area contributed by atoms with E-state index in [1.54, 1.807) is 25.2 Å². The minimum absolute atomic E-state index is 0.0315. The van der Waals surface area contributed by atoms with Crippen molar-refractivity contribution in [3.63, 3.8) is 0 Å². The van der Waals surface area contributed by atoms with E-state index in [-0.39, 0.29) is 24.4 Å². The Kier molecular flexibility index (Phi) is 6.39. The van der Waals surface area contributed by atoms with Crippen molar-refractivity contribution < 1.29 is 19.1 Å². The first-order valence-electron chi connectivity index (χ1n) is 9.56. The smallest absolute Gasteiger partial charge is 0.244 e. The van der Waals surface area contributed by atoms with Crippen LogP contribution < -0.4 is 19.7 Å². The molecule has 2 aromatic carbocycles. The molecule has 7 nitrogen and oxygen atoms in total. The molecule has 2 aromatic rings. The molecule has 0 aromatic heterocycles. The van der Waals surface area contributed by atoms with Crippen molar-refractivity contribution in [3.05, 3.63) is 48.0 Å². The number of amides is 2. The molecule has 29 heavy (non-hydrogen) atoms. The second kappa shape index (κ2) is 8.96. The summed E-state index contributed by atoms with van der Waals surface area (Å²) in [7, 11) is 5.14. The number of para-hydroxylation sites is 2. The summed E-state index contributed by atoms with van der Waals surface area (Å²) in [6, 6.07) is 12.8. The summed E-state index contributed by atoms with van der Waals surface area (Å²) in [5.41, 5.74) is 2.49. The number of carbonyl (C=O) groups is 2. The lowest BCUT2D eigenvalue weighted by Gasteiger charge is -2.33. The van der Waals surface area contributed by atoms with Crippen molar-refractivity contribution in [2.75, 3.05) is 44.6 Å². The van der Waals surface area contributed by atoms with Gasteiger partial charge in [-0.3, -0.25) is 19.4 Å². The van der Waals surface area contributed by atoms with Crippen LogP contribution in [0.3, 0.4) is 0 Å². The fraction of sp³-hybridized carbons (Fsp3) is 0.364. The highest BCUT2D eigenvalue weighted by Crippen LogP contribution is 2.30. The van der Waals surface area contributed by atoms with E-state index < -0.39 is 0 Å². The third-order valence-electron chi connectivity index (χ3n) is 5.26. The van der Waals surface area contributed by atoms with E-state index in [9.17, 15) is 9.59 Å². The Labute approximate surface area is 171 Å². The summed E-state index contributed by atoms with van der Waals surface area (Å²) < 4.78 is 10.6. The summed E-state index contributed by atoms with van der Waals surface area (Å²) in [5.74, 6) is 1.10. The summed E-state index contributed by atoms with van der Waals surface area (Å²) >= 11 is 0. The SMILES string of the molecule is COc1ccc(CCN(C)[C@H](C)C(=O)N2CC(=O)Nc3ccccc32)cc1OC. The van der Waals surface area contributed by atoms with Gasteiger partial charge >= 0.3 is 0 Å². The maximum Gasteiger partial charge on any atom is 0.244 e. The minimum atomic E-state index is -0.367. The van der Waals surface area contributed by atoms with Crippen LogP contribution in [-0.4, -0.2) is 57.1 Å². The molecular weight excluding hydrogens is 370 g/mol. The molecule has 1 atom stereocenters. The van der Waals surface area contributed by atoms with Crippen LogP contribution in [0.15, 0.2) is 42.5 Å². The van der Waals surface area contributed by atoms with Gasteiger partial charge in [0.15, 0.2) is 11.5 Å². The zero-order valence-corrected chi connectivity index (χ0v) is 17.3. The monoisotopic (exact) mass is 397 g/mol. The second-order valence-corrected chi connectivity index (χ2v) is 7.09. The van der Waals surface area contributed by atoms with Crippen LogP contribution >= 0.6 is 0 Å². The van der Waals surface area contributed by atoms with Crippen LogP contribution in [0.4, 0.5) is 11.4 Å². The first-order valence-corrected chi connectivity index (χ1v) is 9.56. The zero-order valence-electron chi connectivity index (χ0n) is 17.3. The molecule has 0 saturated carbocycles. The number of hydrogen-bond acceptors (Lipinski definition) is 5. The van der Waals surface area contributed by atoms with Gasteiger partial charge < -0.3 is 14.8 Å². The van der Waals surface area contributed by atoms with Crippen molar-refractivity contribution in [1.29, 1.82) is 0 Å². The van der Waals surface area contributed by atoms with Gasteiger partial charge in [-0.25, -0.2) is 0 Å². The number of likely N-dealkylation sites (N-methyl/N-ethyl adjacent to an activating group) is 1. The van der Waals surface area contributed by atoms with Crippen molar-refractivity contribution in [1.82, 2.24) is 4.90 Å². The van der Waals surface area contributed by atoms with Gasteiger partial charge in [-0.15, -0.1) is 0 Å². The fourth-order valence-electron chi connectivity index (χ4n) is 3.38. The molecule has 1 N–H and O–H groups in total.